The third-order valence-corrected chi connectivity index (χ3v) is 6.44. The molecule has 2 aliphatic rings. The van der Waals surface area contributed by atoms with Crippen molar-refractivity contribution in [3.05, 3.63) is 52.2 Å². The third kappa shape index (κ3) is 3.78. The summed E-state index contributed by atoms with van der Waals surface area (Å²) < 4.78 is 14.8. The molecule has 0 aliphatic carbocycles. The van der Waals surface area contributed by atoms with Crippen LogP contribution >= 0.6 is 11.8 Å². The summed E-state index contributed by atoms with van der Waals surface area (Å²) in [5.41, 5.74) is 1.71. The average Bonchev–Trinajstić information content (AvgIpc) is 3.11. The molecule has 2 aromatic rings. The van der Waals surface area contributed by atoms with E-state index < -0.39 is 0 Å². The van der Waals surface area contributed by atoms with E-state index >= 15 is 0 Å². The molecule has 0 radical (unpaired) electrons. The number of anilines is 1. The van der Waals surface area contributed by atoms with Gasteiger partial charge < -0.3 is 9.80 Å². The lowest BCUT2D eigenvalue weighted by atomic mass is 10.1. The Kier molecular flexibility index (Phi) is 5.39. The molecule has 1 amide bonds. The van der Waals surface area contributed by atoms with E-state index in [-0.39, 0.29) is 23.3 Å². The van der Waals surface area contributed by atoms with Gasteiger partial charge in [0.15, 0.2) is 5.16 Å². The molecule has 1 atom stereocenters. The van der Waals surface area contributed by atoms with Crippen molar-refractivity contribution in [2.24, 2.45) is 0 Å². The summed E-state index contributed by atoms with van der Waals surface area (Å²) in [7, 11) is 0. The summed E-state index contributed by atoms with van der Waals surface area (Å²) in [6.07, 6.45) is 1.05. The number of carbonyl (C=O) groups is 1. The van der Waals surface area contributed by atoms with Crippen LogP contribution in [0.4, 0.5) is 10.1 Å². The fourth-order valence-electron chi connectivity index (χ4n) is 3.73. The monoisotopic (exact) mass is 402 g/mol. The largest absolute Gasteiger partial charge is 0.368 e. The highest BCUT2D eigenvalue weighted by atomic mass is 32.2. The van der Waals surface area contributed by atoms with Gasteiger partial charge in [-0.3, -0.25) is 14.2 Å². The molecule has 0 N–H and O–H groups in total. The van der Waals surface area contributed by atoms with E-state index in [4.69, 9.17) is 0 Å². The third-order valence-electron chi connectivity index (χ3n) is 5.34. The Morgan fingerprint density at radius 3 is 2.61 bits per heavy atom. The first-order valence-corrected chi connectivity index (χ1v) is 10.6. The van der Waals surface area contributed by atoms with Gasteiger partial charge in [-0.2, -0.15) is 0 Å². The maximum atomic E-state index is 13.1. The SMILES string of the molecule is CCc1cc(=O)n2c(n1)SCC2CC(=O)N1CCN(c2ccc(F)cc2)CC1. The number of halogens is 1. The van der Waals surface area contributed by atoms with Gasteiger partial charge in [0, 0.05) is 55.8 Å². The van der Waals surface area contributed by atoms with E-state index in [9.17, 15) is 14.0 Å². The zero-order valence-electron chi connectivity index (χ0n) is 15.8. The van der Waals surface area contributed by atoms with Crippen LogP contribution in [0.25, 0.3) is 0 Å². The standard InChI is InChI=1S/C20H23FN4O2S/c1-2-15-11-19(27)25-17(13-28-20(25)22-15)12-18(26)24-9-7-23(8-10-24)16-5-3-14(21)4-6-16/h3-6,11,17H,2,7-10,12-13H2,1H3. The molecule has 6 nitrogen and oxygen atoms in total. The molecule has 8 heteroatoms. The van der Waals surface area contributed by atoms with Crippen LogP contribution in [0.3, 0.4) is 0 Å². The Morgan fingerprint density at radius 2 is 1.93 bits per heavy atom. The molecule has 148 valence electrons. The van der Waals surface area contributed by atoms with Gasteiger partial charge in [-0.15, -0.1) is 0 Å². The van der Waals surface area contributed by atoms with E-state index in [1.54, 1.807) is 34.5 Å². The fourth-order valence-corrected chi connectivity index (χ4v) is 4.89. The summed E-state index contributed by atoms with van der Waals surface area (Å²) >= 11 is 1.55. The first kappa shape index (κ1) is 19.0. The molecule has 2 aliphatic heterocycles. The van der Waals surface area contributed by atoms with Crippen molar-refractivity contribution in [1.82, 2.24) is 14.5 Å². The minimum Gasteiger partial charge on any atom is -0.368 e. The maximum Gasteiger partial charge on any atom is 0.254 e. The smallest absolute Gasteiger partial charge is 0.254 e. The first-order valence-electron chi connectivity index (χ1n) is 9.58. The molecule has 1 unspecified atom stereocenters. The van der Waals surface area contributed by atoms with Gasteiger partial charge in [0.25, 0.3) is 5.56 Å². The number of hydrogen-bond donors (Lipinski definition) is 0. The number of nitrogens with zero attached hydrogens (tertiary/aromatic N) is 4. The highest BCUT2D eigenvalue weighted by Crippen LogP contribution is 2.32. The van der Waals surface area contributed by atoms with Crippen molar-refractivity contribution in [3.8, 4) is 0 Å². The van der Waals surface area contributed by atoms with E-state index in [1.807, 2.05) is 11.8 Å². The van der Waals surface area contributed by atoms with Crippen molar-refractivity contribution in [2.45, 2.75) is 31.0 Å². The summed E-state index contributed by atoms with van der Waals surface area (Å²) in [4.78, 5) is 33.8. The Labute approximate surface area is 167 Å². The van der Waals surface area contributed by atoms with Crippen molar-refractivity contribution in [1.29, 1.82) is 0 Å². The molecule has 1 aromatic carbocycles. The highest BCUT2D eigenvalue weighted by Gasteiger charge is 2.30. The normalized spacial score (nSPS) is 19.0. The van der Waals surface area contributed by atoms with Gasteiger partial charge in [0.1, 0.15) is 5.82 Å². The van der Waals surface area contributed by atoms with Crippen molar-refractivity contribution in [3.63, 3.8) is 0 Å². The molecule has 0 saturated carbocycles. The Bertz CT molecular complexity index is 923. The molecule has 1 aromatic heterocycles. The van der Waals surface area contributed by atoms with Gasteiger partial charge in [-0.05, 0) is 30.7 Å². The molecule has 0 spiro atoms. The lowest BCUT2D eigenvalue weighted by Crippen LogP contribution is -2.49. The van der Waals surface area contributed by atoms with E-state index in [1.165, 1.54) is 12.1 Å². The number of rotatable bonds is 4. The van der Waals surface area contributed by atoms with Crippen molar-refractivity contribution < 1.29 is 9.18 Å². The van der Waals surface area contributed by atoms with E-state index in [2.05, 4.69) is 9.88 Å². The molecular weight excluding hydrogens is 379 g/mol. The number of thioether (sulfide) groups is 1. The number of benzene rings is 1. The maximum absolute atomic E-state index is 13.1. The number of piperazine rings is 1. The number of aromatic nitrogens is 2. The minimum absolute atomic E-state index is 0.0641. The number of fused-ring (bicyclic) bond motifs is 1. The van der Waals surface area contributed by atoms with Gasteiger partial charge >= 0.3 is 0 Å². The number of aryl methyl sites for hydroxylation is 1. The zero-order chi connectivity index (χ0) is 19.7. The van der Waals surface area contributed by atoms with Gasteiger partial charge in [0.05, 0.1) is 6.04 Å². The Hall–Kier alpha value is -2.35. The minimum atomic E-state index is -0.247. The van der Waals surface area contributed by atoms with Crippen LogP contribution < -0.4 is 10.5 Å². The predicted octanol–water partition coefficient (Wildman–Crippen LogP) is 2.33. The fraction of sp³-hybridized carbons (Fsp3) is 0.450. The second kappa shape index (κ2) is 7.95. The van der Waals surface area contributed by atoms with Gasteiger partial charge in [-0.1, -0.05) is 18.7 Å². The van der Waals surface area contributed by atoms with Crippen LogP contribution in [0.1, 0.15) is 25.1 Å². The van der Waals surface area contributed by atoms with Crippen molar-refractivity contribution in [2.75, 3.05) is 36.8 Å². The van der Waals surface area contributed by atoms with E-state index in [0.717, 1.165) is 36.0 Å². The topological polar surface area (TPSA) is 58.4 Å². The summed E-state index contributed by atoms with van der Waals surface area (Å²) in [5.74, 6) is 0.531. The molecule has 3 heterocycles. The molecule has 4 rings (SSSR count). The molecule has 1 fully saturated rings. The van der Waals surface area contributed by atoms with Crippen molar-refractivity contribution >= 4 is 23.4 Å². The summed E-state index contributed by atoms with van der Waals surface area (Å²) in [5, 5.41) is 0.725. The van der Waals surface area contributed by atoms with Crippen LogP contribution in [-0.2, 0) is 11.2 Å². The van der Waals surface area contributed by atoms with Crippen LogP contribution in [0, 0.1) is 5.82 Å². The zero-order valence-corrected chi connectivity index (χ0v) is 16.6. The van der Waals surface area contributed by atoms with Crippen LogP contribution in [0.15, 0.2) is 40.3 Å². The lowest BCUT2D eigenvalue weighted by Gasteiger charge is -2.36. The number of amides is 1. The summed E-state index contributed by atoms with van der Waals surface area (Å²) in [6, 6.07) is 7.89. The van der Waals surface area contributed by atoms with Crippen LogP contribution in [-0.4, -0.2) is 52.3 Å². The number of hydrogen-bond acceptors (Lipinski definition) is 5. The Balaban J connectivity index is 1.37. The van der Waals surface area contributed by atoms with Crippen LogP contribution in [0.5, 0.6) is 0 Å². The van der Waals surface area contributed by atoms with Crippen LogP contribution in [0.2, 0.25) is 0 Å². The lowest BCUT2D eigenvalue weighted by molar-refractivity contribution is -0.132. The molecule has 1 saturated heterocycles. The number of carbonyl (C=O) groups excluding carboxylic acids is 1. The molecule has 28 heavy (non-hydrogen) atoms. The Morgan fingerprint density at radius 1 is 1.21 bits per heavy atom. The molecular formula is C20H23FN4O2S. The highest BCUT2D eigenvalue weighted by molar-refractivity contribution is 7.99. The summed E-state index contributed by atoms with van der Waals surface area (Å²) in [6.45, 7) is 4.67. The second-order valence-corrected chi connectivity index (χ2v) is 8.09. The van der Waals surface area contributed by atoms with Gasteiger partial charge in [-0.25, -0.2) is 9.37 Å². The second-order valence-electron chi connectivity index (χ2n) is 7.11. The molecule has 0 bridgehead atoms. The quantitative estimate of drug-likeness (QED) is 0.735. The van der Waals surface area contributed by atoms with Gasteiger partial charge in [0.2, 0.25) is 5.91 Å². The van der Waals surface area contributed by atoms with E-state index in [0.29, 0.717) is 25.3 Å². The first-order chi connectivity index (χ1) is 13.5. The average molecular weight is 402 g/mol. The predicted molar refractivity (Wildman–Crippen MR) is 107 cm³/mol.